The Balaban J connectivity index is 2.14. The van der Waals surface area contributed by atoms with Crippen LogP contribution < -0.4 is 10.6 Å². The Morgan fingerprint density at radius 2 is 2.29 bits per heavy atom. The van der Waals surface area contributed by atoms with E-state index in [0.717, 1.165) is 12.5 Å². The van der Waals surface area contributed by atoms with E-state index in [2.05, 4.69) is 27.0 Å². The first kappa shape index (κ1) is 9.30. The number of hydrogen-bond donors (Lipinski definition) is 2. The number of nitrogens with zero attached hydrogens (tertiary/aromatic N) is 3. The number of nitrogen functional groups attached to an aromatic ring is 1. The minimum atomic E-state index is 0.399. The third-order valence-electron chi connectivity index (χ3n) is 2.80. The van der Waals surface area contributed by atoms with E-state index in [1.807, 2.05) is 0 Å². The molecule has 0 amide bonds. The number of nitrogens with one attached hydrogen (secondary N) is 1. The number of rotatable bonds is 1. The maximum Gasteiger partial charge on any atom is 0.246 e. The Hall–Kier alpha value is -1.26. The summed E-state index contributed by atoms with van der Waals surface area (Å²) in [6.07, 6.45) is 5.05. The summed E-state index contributed by atoms with van der Waals surface area (Å²) in [6, 6.07) is 0.521. The molecule has 5 heteroatoms. The molecule has 1 aromatic heterocycles. The highest BCUT2D eigenvalue weighted by molar-refractivity contribution is 5.35. The summed E-state index contributed by atoms with van der Waals surface area (Å²) in [4.78, 5) is 6.40. The van der Waals surface area contributed by atoms with Crippen molar-refractivity contribution in [2.45, 2.75) is 38.6 Å². The second kappa shape index (κ2) is 3.86. The van der Waals surface area contributed by atoms with Crippen molar-refractivity contribution in [2.24, 2.45) is 0 Å². The smallest absolute Gasteiger partial charge is 0.246 e. The predicted molar refractivity (Wildman–Crippen MR) is 56.1 cm³/mol. The lowest BCUT2D eigenvalue weighted by atomic mass is 10.1. The third-order valence-corrected chi connectivity index (χ3v) is 2.80. The lowest BCUT2D eigenvalue weighted by Gasteiger charge is -2.25. The van der Waals surface area contributed by atoms with Crippen LogP contribution in [0.2, 0.25) is 0 Å². The van der Waals surface area contributed by atoms with Gasteiger partial charge < -0.3 is 10.6 Å². The molecule has 0 aromatic carbocycles. The Bertz CT molecular complexity index is 295. The van der Waals surface area contributed by atoms with Crippen molar-refractivity contribution in [2.75, 3.05) is 17.2 Å². The molecule has 1 saturated heterocycles. The van der Waals surface area contributed by atoms with E-state index in [9.17, 15) is 0 Å². The first-order valence-corrected chi connectivity index (χ1v) is 5.22. The van der Waals surface area contributed by atoms with Gasteiger partial charge in [0.25, 0.3) is 0 Å². The molecule has 0 saturated carbocycles. The van der Waals surface area contributed by atoms with Crippen molar-refractivity contribution < 1.29 is 0 Å². The predicted octanol–water partition coefficient (Wildman–Crippen LogP) is 1.16. The topological polar surface area (TPSA) is 70.8 Å². The Morgan fingerprint density at radius 3 is 3.00 bits per heavy atom. The fraction of sp³-hybridized carbons (Fsp3) is 0.778. The first-order valence-electron chi connectivity index (χ1n) is 5.22. The van der Waals surface area contributed by atoms with Gasteiger partial charge in [0.2, 0.25) is 11.9 Å². The van der Waals surface area contributed by atoms with Crippen molar-refractivity contribution in [3.05, 3.63) is 0 Å². The average molecular weight is 195 g/mol. The molecule has 0 spiro atoms. The Labute approximate surface area is 83.7 Å². The second-order valence-corrected chi connectivity index (χ2v) is 3.91. The molecule has 2 rings (SSSR count). The van der Waals surface area contributed by atoms with Gasteiger partial charge >= 0.3 is 0 Å². The van der Waals surface area contributed by atoms with Gasteiger partial charge in [0.05, 0.1) is 0 Å². The number of aromatic nitrogens is 3. The zero-order valence-electron chi connectivity index (χ0n) is 8.53. The quantitative estimate of drug-likeness (QED) is 0.705. The molecular weight excluding hydrogens is 178 g/mol. The van der Waals surface area contributed by atoms with Crippen molar-refractivity contribution in [3.63, 3.8) is 0 Å². The normalized spacial score (nSPS) is 23.5. The summed E-state index contributed by atoms with van der Waals surface area (Å²) >= 11 is 0. The summed E-state index contributed by atoms with van der Waals surface area (Å²) < 4.78 is 0. The molecule has 1 aliphatic rings. The van der Waals surface area contributed by atoms with E-state index in [0.29, 0.717) is 12.0 Å². The lowest BCUT2D eigenvalue weighted by Crippen LogP contribution is -2.33. The number of hydrogen-bond acceptors (Lipinski definition) is 4. The second-order valence-electron chi connectivity index (χ2n) is 3.91. The third kappa shape index (κ3) is 1.81. The van der Waals surface area contributed by atoms with Gasteiger partial charge in [-0.3, -0.25) is 0 Å². The van der Waals surface area contributed by atoms with Gasteiger partial charge in [0, 0.05) is 12.6 Å². The molecule has 0 bridgehead atoms. The fourth-order valence-corrected chi connectivity index (χ4v) is 1.97. The van der Waals surface area contributed by atoms with Crippen molar-refractivity contribution in [1.82, 2.24) is 15.2 Å². The first-order chi connectivity index (χ1) is 6.77. The fourth-order valence-electron chi connectivity index (χ4n) is 1.97. The molecule has 5 nitrogen and oxygen atoms in total. The van der Waals surface area contributed by atoms with Crippen LogP contribution in [0.15, 0.2) is 0 Å². The van der Waals surface area contributed by atoms with Crippen LogP contribution in [0.5, 0.6) is 0 Å². The van der Waals surface area contributed by atoms with E-state index < -0.39 is 0 Å². The highest BCUT2D eigenvalue weighted by atomic mass is 15.4. The molecule has 78 valence electrons. The van der Waals surface area contributed by atoms with Gasteiger partial charge in [0.15, 0.2) is 0 Å². The summed E-state index contributed by atoms with van der Waals surface area (Å²) in [5.41, 5.74) is 5.51. The van der Waals surface area contributed by atoms with Crippen molar-refractivity contribution in [3.8, 4) is 0 Å². The van der Waals surface area contributed by atoms with Crippen molar-refractivity contribution >= 4 is 11.9 Å². The molecule has 0 radical (unpaired) electrons. The summed E-state index contributed by atoms with van der Waals surface area (Å²) in [5.74, 6) is 1.15. The SMILES string of the molecule is CC1CCCCCN1c1n[nH]c(N)n1. The van der Waals surface area contributed by atoms with Crippen LogP contribution in [0.4, 0.5) is 11.9 Å². The van der Waals surface area contributed by atoms with Gasteiger partial charge in [-0.05, 0) is 19.8 Å². The van der Waals surface area contributed by atoms with Crippen LogP contribution in [0, 0.1) is 0 Å². The molecule has 1 aliphatic heterocycles. The molecular formula is C9H17N5. The summed E-state index contributed by atoms with van der Waals surface area (Å²) in [7, 11) is 0. The van der Waals surface area contributed by atoms with Crippen LogP contribution in [0.3, 0.4) is 0 Å². The van der Waals surface area contributed by atoms with E-state index in [4.69, 9.17) is 5.73 Å². The van der Waals surface area contributed by atoms with Gasteiger partial charge in [0.1, 0.15) is 0 Å². The van der Waals surface area contributed by atoms with Crippen LogP contribution in [-0.4, -0.2) is 27.8 Å². The minimum absolute atomic E-state index is 0.399. The molecule has 0 aliphatic carbocycles. The minimum Gasteiger partial charge on any atom is -0.368 e. The van der Waals surface area contributed by atoms with Crippen molar-refractivity contribution in [1.29, 1.82) is 0 Å². The summed E-state index contributed by atoms with van der Waals surface area (Å²) in [5, 5.41) is 6.78. The maximum atomic E-state index is 5.51. The number of aromatic amines is 1. The lowest BCUT2D eigenvalue weighted by molar-refractivity contribution is 0.606. The van der Waals surface area contributed by atoms with Gasteiger partial charge in [-0.2, -0.15) is 4.98 Å². The molecule has 14 heavy (non-hydrogen) atoms. The Kier molecular flexibility index (Phi) is 2.56. The monoisotopic (exact) mass is 195 g/mol. The van der Waals surface area contributed by atoms with E-state index in [1.165, 1.54) is 25.7 Å². The van der Waals surface area contributed by atoms with E-state index in [1.54, 1.807) is 0 Å². The molecule has 1 fully saturated rings. The molecule has 1 atom stereocenters. The Morgan fingerprint density at radius 1 is 1.43 bits per heavy atom. The average Bonchev–Trinajstić information content (AvgIpc) is 2.46. The van der Waals surface area contributed by atoms with Crippen LogP contribution in [0.1, 0.15) is 32.6 Å². The van der Waals surface area contributed by atoms with Crippen LogP contribution in [0.25, 0.3) is 0 Å². The maximum absolute atomic E-state index is 5.51. The van der Waals surface area contributed by atoms with Gasteiger partial charge in [-0.1, -0.05) is 12.8 Å². The largest absolute Gasteiger partial charge is 0.368 e. The number of anilines is 2. The van der Waals surface area contributed by atoms with Crippen LogP contribution in [-0.2, 0) is 0 Å². The molecule has 1 aromatic rings. The highest BCUT2D eigenvalue weighted by Gasteiger charge is 2.20. The number of H-pyrrole nitrogens is 1. The molecule has 3 N–H and O–H groups in total. The zero-order chi connectivity index (χ0) is 9.97. The zero-order valence-corrected chi connectivity index (χ0v) is 8.53. The molecule has 1 unspecified atom stereocenters. The summed E-state index contributed by atoms with van der Waals surface area (Å²) in [6.45, 7) is 3.26. The number of nitrogens with two attached hydrogens (primary N) is 1. The van der Waals surface area contributed by atoms with Gasteiger partial charge in [-0.25, -0.2) is 5.10 Å². The standard InChI is InChI=1S/C9H17N5/c1-7-5-3-2-4-6-14(7)9-11-8(10)12-13-9/h7H,2-6H2,1H3,(H3,10,11,12,13). The van der Waals surface area contributed by atoms with Gasteiger partial charge in [-0.15, -0.1) is 5.10 Å². The molecule has 2 heterocycles. The van der Waals surface area contributed by atoms with E-state index >= 15 is 0 Å². The highest BCUT2D eigenvalue weighted by Crippen LogP contribution is 2.20. The van der Waals surface area contributed by atoms with Crippen LogP contribution >= 0.6 is 0 Å². The van der Waals surface area contributed by atoms with E-state index in [-0.39, 0.29) is 0 Å².